The monoisotopic (exact) mass is 390 g/mol. The number of nitrogens with one attached hydrogen (secondary N) is 1. The van der Waals surface area contributed by atoms with Gasteiger partial charge in [0.1, 0.15) is 4.60 Å². The summed E-state index contributed by atoms with van der Waals surface area (Å²) in [5.74, 6) is -0.0666. The molecule has 1 heterocycles. The van der Waals surface area contributed by atoms with E-state index in [1.54, 1.807) is 24.4 Å². The molecule has 0 saturated heterocycles. The van der Waals surface area contributed by atoms with Gasteiger partial charge < -0.3 is 4.72 Å². The molecule has 7 heteroatoms. The minimum atomic E-state index is -0.0666. The SMILES string of the molecule is CC(=O)c1cc(SNc2cc(Cl)cnc2Br)ccc1Cl. The first-order valence-electron chi connectivity index (χ1n) is 5.52. The topological polar surface area (TPSA) is 42.0 Å². The molecule has 0 atom stereocenters. The van der Waals surface area contributed by atoms with Gasteiger partial charge in [-0.15, -0.1) is 0 Å². The van der Waals surface area contributed by atoms with E-state index < -0.39 is 0 Å². The molecule has 0 spiro atoms. The molecule has 0 amide bonds. The summed E-state index contributed by atoms with van der Waals surface area (Å²) in [6, 6.07) is 7.04. The predicted molar refractivity (Wildman–Crippen MR) is 87.9 cm³/mol. The van der Waals surface area contributed by atoms with E-state index >= 15 is 0 Å². The van der Waals surface area contributed by atoms with Gasteiger partial charge in [-0.1, -0.05) is 23.2 Å². The van der Waals surface area contributed by atoms with E-state index in [2.05, 4.69) is 25.6 Å². The fraction of sp³-hybridized carbons (Fsp3) is 0.0769. The molecule has 3 nitrogen and oxygen atoms in total. The molecule has 0 aliphatic rings. The van der Waals surface area contributed by atoms with E-state index in [4.69, 9.17) is 23.2 Å². The molecule has 104 valence electrons. The molecule has 0 saturated carbocycles. The Kier molecular flexibility index (Phi) is 5.32. The summed E-state index contributed by atoms with van der Waals surface area (Å²) in [7, 11) is 0. The maximum Gasteiger partial charge on any atom is 0.161 e. The lowest BCUT2D eigenvalue weighted by atomic mass is 10.1. The number of Topliss-reactive ketones (excluding diaryl/α,β-unsaturated/α-hetero) is 1. The average Bonchev–Trinajstić information content (AvgIpc) is 2.41. The Morgan fingerprint density at radius 1 is 1.35 bits per heavy atom. The molecule has 1 aromatic heterocycles. The summed E-state index contributed by atoms with van der Waals surface area (Å²) in [4.78, 5) is 16.4. The zero-order valence-electron chi connectivity index (χ0n) is 10.3. The summed E-state index contributed by atoms with van der Waals surface area (Å²) in [6.45, 7) is 1.49. The molecule has 2 rings (SSSR count). The van der Waals surface area contributed by atoms with Crippen molar-refractivity contribution in [2.75, 3.05) is 4.72 Å². The average molecular weight is 392 g/mol. The van der Waals surface area contributed by atoms with Gasteiger partial charge in [-0.25, -0.2) is 4.98 Å². The second kappa shape index (κ2) is 6.80. The van der Waals surface area contributed by atoms with E-state index in [1.165, 1.54) is 18.9 Å². The van der Waals surface area contributed by atoms with Crippen LogP contribution in [-0.4, -0.2) is 10.8 Å². The maximum absolute atomic E-state index is 11.4. The first kappa shape index (κ1) is 15.6. The van der Waals surface area contributed by atoms with Crippen LogP contribution in [0.3, 0.4) is 0 Å². The number of carbonyl (C=O) groups excluding carboxylic acids is 1. The summed E-state index contributed by atoms with van der Waals surface area (Å²) in [6.07, 6.45) is 1.55. The van der Waals surface area contributed by atoms with Gasteiger partial charge >= 0.3 is 0 Å². The largest absolute Gasteiger partial charge is 0.323 e. The lowest BCUT2D eigenvalue weighted by molar-refractivity contribution is 0.101. The molecule has 0 radical (unpaired) electrons. The van der Waals surface area contributed by atoms with Crippen molar-refractivity contribution in [1.29, 1.82) is 0 Å². The van der Waals surface area contributed by atoms with Crippen LogP contribution in [0.2, 0.25) is 10.0 Å². The molecule has 0 aliphatic heterocycles. The highest BCUT2D eigenvalue weighted by Gasteiger charge is 2.08. The first-order valence-corrected chi connectivity index (χ1v) is 7.88. The number of nitrogens with zero attached hydrogens (tertiary/aromatic N) is 1. The van der Waals surface area contributed by atoms with Crippen LogP contribution in [0.4, 0.5) is 5.69 Å². The maximum atomic E-state index is 11.4. The van der Waals surface area contributed by atoms with Gasteiger partial charge in [0.2, 0.25) is 0 Å². The van der Waals surface area contributed by atoms with Crippen LogP contribution in [0.5, 0.6) is 0 Å². The molecule has 0 unspecified atom stereocenters. The number of hydrogen-bond donors (Lipinski definition) is 1. The smallest absolute Gasteiger partial charge is 0.161 e. The van der Waals surface area contributed by atoms with E-state index in [0.29, 0.717) is 20.2 Å². The first-order chi connectivity index (χ1) is 9.47. The zero-order valence-corrected chi connectivity index (χ0v) is 14.2. The summed E-state index contributed by atoms with van der Waals surface area (Å²) in [5, 5.41) is 0.990. The number of ketones is 1. The Morgan fingerprint density at radius 3 is 2.80 bits per heavy atom. The Hall–Kier alpha value is -0.750. The van der Waals surface area contributed by atoms with Gasteiger partial charge in [-0.3, -0.25) is 4.79 Å². The van der Waals surface area contributed by atoms with Crippen molar-refractivity contribution in [3.05, 3.63) is 50.7 Å². The van der Waals surface area contributed by atoms with E-state index in [9.17, 15) is 4.79 Å². The van der Waals surface area contributed by atoms with E-state index in [0.717, 1.165) is 10.6 Å². The molecular weight excluding hydrogens is 383 g/mol. The van der Waals surface area contributed by atoms with Gasteiger partial charge in [0.25, 0.3) is 0 Å². The molecule has 1 aromatic carbocycles. The Labute approximate surface area is 139 Å². The standard InChI is InChI=1S/C13H9BrCl2N2OS/c1-7(19)10-5-9(2-3-11(10)16)20-18-12-4-8(15)6-17-13(12)14/h2-6,18H,1H3. The van der Waals surface area contributed by atoms with Crippen molar-refractivity contribution < 1.29 is 4.79 Å². The lowest BCUT2D eigenvalue weighted by Gasteiger charge is -2.08. The van der Waals surface area contributed by atoms with Crippen LogP contribution in [-0.2, 0) is 0 Å². The molecule has 0 fully saturated rings. The van der Waals surface area contributed by atoms with Gasteiger partial charge in [0.05, 0.1) is 15.7 Å². The van der Waals surface area contributed by atoms with Crippen molar-refractivity contribution in [2.24, 2.45) is 0 Å². The van der Waals surface area contributed by atoms with Crippen LogP contribution in [0.1, 0.15) is 17.3 Å². The van der Waals surface area contributed by atoms with Crippen LogP contribution in [0.25, 0.3) is 0 Å². The van der Waals surface area contributed by atoms with Gasteiger partial charge in [0.15, 0.2) is 5.78 Å². The van der Waals surface area contributed by atoms with Gasteiger partial charge in [0, 0.05) is 16.7 Å². The number of hydrogen-bond acceptors (Lipinski definition) is 4. The number of benzene rings is 1. The third kappa shape index (κ3) is 3.88. The molecule has 0 aliphatic carbocycles. The van der Waals surface area contributed by atoms with E-state index in [1.807, 2.05) is 6.07 Å². The second-order valence-electron chi connectivity index (χ2n) is 3.89. The zero-order chi connectivity index (χ0) is 14.7. The van der Waals surface area contributed by atoms with Gasteiger partial charge in [-0.2, -0.15) is 0 Å². The summed E-state index contributed by atoms with van der Waals surface area (Å²) < 4.78 is 3.79. The highest BCUT2D eigenvalue weighted by molar-refractivity contribution is 9.10. The fourth-order valence-corrected chi connectivity index (χ4v) is 3.00. The van der Waals surface area contributed by atoms with Crippen LogP contribution < -0.4 is 4.72 Å². The molecular formula is C13H9BrCl2N2OS. The number of halogens is 3. The number of carbonyl (C=O) groups is 1. The number of anilines is 1. The lowest BCUT2D eigenvalue weighted by Crippen LogP contribution is -1.95. The predicted octanol–water partition coefficient (Wildman–Crippen LogP) is 5.47. The molecule has 2 aromatic rings. The van der Waals surface area contributed by atoms with Gasteiger partial charge in [-0.05, 0) is 59.1 Å². The number of rotatable bonds is 4. The minimum absolute atomic E-state index is 0.0666. The number of pyridine rings is 1. The quantitative estimate of drug-likeness (QED) is 0.426. The fourth-order valence-electron chi connectivity index (χ4n) is 1.45. The van der Waals surface area contributed by atoms with Crippen molar-refractivity contribution >= 4 is 62.6 Å². The highest BCUT2D eigenvalue weighted by atomic mass is 79.9. The third-order valence-corrected chi connectivity index (χ3v) is 4.38. The van der Waals surface area contributed by atoms with Crippen molar-refractivity contribution in [2.45, 2.75) is 11.8 Å². The van der Waals surface area contributed by atoms with Crippen LogP contribution in [0.15, 0.2) is 40.0 Å². The second-order valence-corrected chi connectivity index (χ2v) is 6.37. The minimum Gasteiger partial charge on any atom is -0.323 e. The Balaban J connectivity index is 2.17. The summed E-state index contributed by atoms with van der Waals surface area (Å²) in [5.41, 5.74) is 1.25. The molecule has 1 N–H and O–H groups in total. The molecule has 0 bridgehead atoms. The third-order valence-electron chi connectivity index (χ3n) is 2.40. The highest BCUT2D eigenvalue weighted by Crippen LogP contribution is 2.30. The summed E-state index contributed by atoms with van der Waals surface area (Å²) >= 11 is 16.5. The van der Waals surface area contributed by atoms with Crippen LogP contribution >= 0.6 is 51.1 Å². The van der Waals surface area contributed by atoms with Crippen molar-refractivity contribution in [3.8, 4) is 0 Å². The van der Waals surface area contributed by atoms with Crippen molar-refractivity contribution in [3.63, 3.8) is 0 Å². The Morgan fingerprint density at radius 2 is 2.10 bits per heavy atom. The van der Waals surface area contributed by atoms with E-state index in [-0.39, 0.29) is 5.78 Å². The normalized spacial score (nSPS) is 10.4. The Bertz CT molecular complexity index is 667. The van der Waals surface area contributed by atoms with Crippen molar-refractivity contribution in [1.82, 2.24) is 4.98 Å². The molecule has 20 heavy (non-hydrogen) atoms. The number of aromatic nitrogens is 1. The van der Waals surface area contributed by atoms with Crippen LogP contribution in [0, 0.1) is 0 Å².